The molecule has 0 amide bonds. The Morgan fingerprint density at radius 3 is 2.67 bits per heavy atom. The zero-order chi connectivity index (χ0) is 13.8. The van der Waals surface area contributed by atoms with Gasteiger partial charge in [0.2, 0.25) is 0 Å². The third-order valence-electron chi connectivity index (χ3n) is 4.15. The maximum absolute atomic E-state index is 4.09. The number of likely N-dealkylation sites (N-methyl/N-ethyl adjacent to an activating group) is 1. The molecule has 1 heteroatoms. The van der Waals surface area contributed by atoms with Gasteiger partial charge < -0.3 is 4.90 Å². The molecule has 0 aromatic rings. The molecular weight excluding hydrogens is 218 g/mol. The monoisotopic (exact) mass is 247 g/mol. The summed E-state index contributed by atoms with van der Waals surface area (Å²) >= 11 is 0. The summed E-state index contributed by atoms with van der Waals surface area (Å²) in [7, 11) is 2.15. The van der Waals surface area contributed by atoms with Crippen molar-refractivity contribution in [2.24, 2.45) is 11.3 Å². The standard InChI is InChI=1S/C17H29N/c1-7-9-15(4)18(6)13-16-12-17(16,5)11-8-10-14(2)3/h7,9-10,16H,4,8,11-13H2,1-3,5-6H3/b9-7+. The van der Waals surface area contributed by atoms with Crippen LogP contribution in [0.15, 0.2) is 36.1 Å². The summed E-state index contributed by atoms with van der Waals surface area (Å²) in [5, 5.41) is 0. The Morgan fingerprint density at radius 2 is 2.11 bits per heavy atom. The van der Waals surface area contributed by atoms with E-state index in [9.17, 15) is 0 Å². The van der Waals surface area contributed by atoms with Gasteiger partial charge in [0.15, 0.2) is 0 Å². The second kappa shape index (κ2) is 6.26. The van der Waals surface area contributed by atoms with Crippen LogP contribution in [-0.2, 0) is 0 Å². The van der Waals surface area contributed by atoms with Crippen molar-refractivity contribution >= 4 is 0 Å². The molecule has 0 aliphatic heterocycles. The highest BCUT2D eigenvalue weighted by Gasteiger charge is 2.49. The number of rotatable bonds is 7. The minimum Gasteiger partial charge on any atom is -0.375 e. The summed E-state index contributed by atoms with van der Waals surface area (Å²) in [6.45, 7) is 14.1. The molecule has 1 aliphatic carbocycles. The molecule has 0 bridgehead atoms. The lowest BCUT2D eigenvalue weighted by atomic mass is 9.98. The fourth-order valence-corrected chi connectivity index (χ4v) is 2.55. The van der Waals surface area contributed by atoms with E-state index in [1.165, 1.54) is 24.8 Å². The zero-order valence-corrected chi connectivity index (χ0v) is 12.8. The maximum atomic E-state index is 4.09. The van der Waals surface area contributed by atoms with Crippen LogP contribution in [0, 0.1) is 11.3 Å². The zero-order valence-electron chi connectivity index (χ0n) is 12.8. The van der Waals surface area contributed by atoms with Gasteiger partial charge >= 0.3 is 0 Å². The number of nitrogens with zero attached hydrogens (tertiary/aromatic N) is 1. The summed E-state index contributed by atoms with van der Waals surface area (Å²) in [6, 6.07) is 0. The average molecular weight is 247 g/mol. The Hall–Kier alpha value is -0.980. The van der Waals surface area contributed by atoms with E-state index in [1.54, 1.807) is 0 Å². The molecule has 0 saturated heterocycles. The van der Waals surface area contributed by atoms with E-state index in [2.05, 4.69) is 57.5 Å². The van der Waals surface area contributed by atoms with Gasteiger partial charge in [-0.2, -0.15) is 0 Å². The third-order valence-corrected chi connectivity index (χ3v) is 4.15. The lowest BCUT2D eigenvalue weighted by Gasteiger charge is -2.21. The van der Waals surface area contributed by atoms with E-state index in [0.29, 0.717) is 5.41 Å². The topological polar surface area (TPSA) is 3.24 Å². The van der Waals surface area contributed by atoms with Gasteiger partial charge in [-0.25, -0.2) is 0 Å². The molecule has 2 unspecified atom stereocenters. The highest BCUT2D eigenvalue weighted by molar-refractivity contribution is 5.13. The van der Waals surface area contributed by atoms with Crippen molar-refractivity contribution in [2.45, 2.75) is 47.0 Å². The summed E-state index contributed by atoms with van der Waals surface area (Å²) < 4.78 is 0. The van der Waals surface area contributed by atoms with Gasteiger partial charge in [0.25, 0.3) is 0 Å². The van der Waals surface area contributed by atoms with Crippen LogP contribution in [0.1, 0.15) is 47.0 Å². The quantitative estimate of drug-likeness (QED) is 0.462. The van der Waals surface area contributed by atoms with Crippen LogP contribution < -0.4 is 0 Å². The molecule has 0 N–H and O–H groups in total. The minimum atomic E-state index is 0.566. The Kier molecular flexibility index (Phi) is 5.25. The summed E-state index contributed by atoms with van der Waals surface area (Å²) in [5.41, 5.74) is 3.13. The van der Waals surface area contributed by atoms with Crippen molar-refractivity contribution < 1.29 is 0 Å². The van der Waals surface area contributed by atoms with E-state index >= 15 is 0 Å². The van der Waals surface area contributed by atoms with Crippen LogP contribution >= 0.6 is 0 Å². The van der Waals surface area contributed by atoms with Crippen LogP contribution in [0.5, 0.6) is 0 Å². The number of hydrogen-bond acceptors (Lipinski definition) is 1. The Labute approximate surface area is 113 Å². The fourth-order valence-electron chi connectivity index (χ4n) is 2.55. The normalized spacial score (nSPS) is 26.2. The molecule has 0 radical (unpaired) electrons. The van der Waals surface area contributed by atoms with Crippen LogP contribution in [0.4, 0.5) is 0 Å². The van der Waals surface area contributed by atoms with Gasteiger partial charge in [0.1, 0.15) is 0 Å². The second-order valence-electron chi connectivity index (χ2n) is 6.25. The van der Waals surface area contributed by atoms with E-state index in [0.717, 1.165) is 18.2 Å². The molecular formula is C17H29N. The lowest BCUT2D eigenvalue weighted by Crippen LogP contribution is -2.20. The summed E-state index contributed by atoms with van der Waals surface area (Å²) in [5.74, 6) is 0.843. The highest BCUT2D eigenvalue weighted by atomic mass is 15.1. The maximum Gasteiger partial charge on any atom is 0.0287 e. The first-order valence-corrected chi connectivity index (χ1v) is 7.05. The molecule has 0 heterocycles. The molecule has 1 aliphatic rings. The average Bonchev–Trinajstić information content (AvgIpc) is 2.88. The Morgan fingerprint density at radius 1 is 1.44 bits per heavy atom. The van der Waals surface area contributed by atoms with Crippen LogP contribution in [0.2, 0.25) is 0 Å². The van der Waals surface area contributed by atoms with Gasteiger partial charge in [-0.3, -0.25) is 0 Å². The van der Waals surface area contributed by atoms with Crippen LogP contribution in [0.3, 0.4) is 0 Å². The van der Waals surface area contributed by atoms with Crippen molar-refractivity contribution in [3.8, 4) is 0 Å². The molecule has 1 fully saturated rings. The minimum absolute atomic E-state index is 0.566. The second-order valence-corrected chi connectivity index (χ2v) is 6.25. The molecule has 18 heavy (non-hydrogen) atoms. The highest BCUT2D eigenvalue weighted by Crippen LogP contribution is 2.55. The molecule has 1 nitrogen and oxygen atoms in total. The summed E-state index contributed by atoms with van der Waals surface area (Å²) in [6.07, 6.45) is 10.4. The molecule has 1 rings (SSSR count). The molecule has 2 atom stereocenters. The van der Waals surface area contributed by atoms with Crippen molar-refractivity contribution in [3.05, 3.63) is 36.1 Å². The smallest absolute Gasteiger partial charge is 0.0287 e. The van der Waals surface area contributed by atoms with Crippen LogP contribution in [0.25, 0.3) is 0 Å². The number of hydrogen-bond donors (Lipinski definition) is 0. The Bertz CT molecular complexity index is 347. The Balaban J connectivity index is 2.35. The predicted molar refractivity (Wildman–Crippen MR) is 81.5 cm³/mol. The largest absolute Gasteiger partial charge is 0.375 e. The van der Waals surface area contributed by atoms with Crippen LogP contribution in [-0.4, -0.2) is 18.5 Å². The molecule has 0 spiro atoms. The van der Waals surface area contributed by atoms with Gasteiger partial charge in [-0.05, 0) is 57.4 Å². The lowest BCUT2D eigenvalue weighted by molar-refractivity contribution is 0.358. The first-order valence-electron chi connectivity index (χ1n) is 7.05. The molecule has 102 valence electrons. The van der Waals surface area contributed by atoms with Gasteiger partial charge in [0.05, 0.1) is 0 Å². The fraction of sp³-hybridized carbons (Fsp3) is 0.647. The summed E-state index contributed by atoms with van der Waals surface area (Å²) in [4.78, 5) is 2.29. The van der Waals surface area contributed by atoms with Gasteiger partial charge in [0, 0.05) is 19.3 Å². The third kappa shape index (κ3) is 4.36. The van der Waals surface area contributed by atoms with E-state index in [-0.39, 0.29) is 0 Å². The van der Waals surface area contributed by atoms with Gasteiger partial charge in [-0.1, -0.05) is 31.2 Å². The molecule has 0 aromatic heterocycles. The van der Waals surface area contributed by atoms with Crippen molar-refractivity contribution in [1.82, 2.24) is 4.90 Å². The first kappa shape index (κ1) is 15.1. The van der Waals surface area contributed by atoms with Crippen molar-refractivity contribution in [2.75, 3.05) is 13.6 Å². The van der Waals surface area contributed by atoms with E-state index in [1.807, 2.05) is 6.92 Å². The molecule has 1 saturated carbocycles. The predicted octanol–water partition coefficient (Wildman–Crippen LogP) is 4.78. The number of allylic oxidation sites excluding steroid dienone is 4. The SMILES string of the molecule is C=C(/C=C/C)N(C)CC1CC1(C)CCC=C(C)C. The van der Waals surface area contributed by atoms with E-state index < -0.39 is 0 Å². The molecule has 0 aromatic carbocycles. The van der Waals surface area contributed by atoms with Crippen molar-refractivity contribution in [1.29, 1.82) is 0 Å². The van der Waals surface area contributed by atoms with Gasteiger partial charge in [-0.15, -0.1) is 0 Å². The first-order chi connectivity index (χ1) is 8.39. The van der Waals surface area contributed by atoms with Crippen molar-refractivity contribution in [3.63, 3.8) is 0 Å². The van der Waals surface area contributed by atoms with E-state index in [4.69, 9.17) is 0 Å².